The van der Waals surface area contributed by atoms with E-state index in [0.717, 1.165) is 12.4 Å². The summed E-state index contributed by atoms with van der Waals surface area (Å²) in [5.41, 5.74) is -0.0273. The molecular formula is C11H5Cl3N4O2S. The Morgan fingerprint density at radius 3 is 2.33 bits per heavy atom. The van der Waals surface area contributed by atoms with Gasteiger partial charge >= 0.3 is 0 Å². The van der Waals surface area contributed by atoms with E-state index in [4.69, 9.17) is 40.1 Å². The van der Waals surface area contributed by atoms with Gasteiger partial charge in [-0.15, -0.1) is 0 Å². The van der Waals surface area contributed by atoms with E-state index in [0.29, 0.717) is 0 Å². The van der Waals surface area contributed by atoms with Crippen LogP contribution in [0, 0.1) is 11.3 Å². The van der Waals surface area contributed by atoms with Crippen LogP contribution in [0.15, 0.2) is 29.4 Å². The van der Waals surface area contributed by atoms with Gasteiger partial charge < -0.3 is 0 Å². The minimum absolute atomic E-state index is 0.0504. The van der Waals surface area contributed by atoms with Gasteiger partial charge in [-0.05, 0) is 18.2 Å². The molecule has 2 rings (SSSR count). The Morgan fingerprint density at radius 2 is 1.76 bits per heavy atom. The molecule has 21 heavy (non-hydrogen) atoms. The zero-order chi connectivity index (χ0) is 15.6. The molecule has 0 aliphatic carbocycles. The van der Waals surface area contributed by atoms with Gasteiger partial charge in [0.15, 0.2) is 10.3 Å². The summed E-state index contributed by atoms with van der Waals surface area (Å²) in [7, 11) is -4.10. The molecule has 2 aromatic rings. The third kappa shape index (κ3) is 3.36. The van der Waals surface area contributed by atoms with Crippen LogP contribution >= 0.6 is 34.8 Å². The number of sulfonamides is 1. The normalized spacial score (nSPS) is 11.0. The first-order chi connectivity index (χ1) is 9.85. The van der Waals surface area contributed by atoms with Crippen LogP contribution in [0.2, 0.25) is 15.3 Å². The van der Waals surface area contributed by atoms with Crippen molar-refractivity contribution < 1.29 is 8.42 Å². The predicted molar refractivity (Wildman–Crippen MR) is 79.0 cm³/mol. The number of anilines is 1. The quantitative estimate of drug-likeness (QED) is 0.845. The summed E-state index contributed by atoms with van der Waals surface area (Å²) >= 11 is 17.4. The molecule has 0 fully saturated rings. The summed E-state index contributed by atoms with van der Waals surface area (Å²) in [5.74, 6) is 0. The number of halogens is 3. The van der Waals surface area contributed by atoms with Gasteiger partial charge in [0.05, 0.1) is 16.7 Å². The lowest BCUT2D eigenvalue weighted by molar-refractivity contribution is 0.601. The number of hydrogen-bond donors (Lipinski definition) is 1. The van der Waals surface area contributed by atoms with Crippen molar-refractivity contribution in [2.75, 3.05) is 4.72 Å². The Balaban J connectivity index is 2.51. The molecule has 0 atom stereocenters. The van der Waals surface area contributed by atoms with Crippen LogP contribution < -0.4 is 4.72 Å². The van der Waals surface area contributed by atoms with Crippen molar-refractivity contribution in [2.45, 2.75) is 4.90 Å². The third-order valence-corrected chi connectivity index (χ3v) is 4.75. The van der Waals surface area contributed by atoms with Gasteiger partial charge in [-0.2, -0.15) is 5.26 Å². The summed E-state index contributed by atoms with van der Waals surface area (Å²) in [6.45, 7) is 0. The van der Waals surface area contributed by atoms with Gasteiger partial charge in [0, 0.05) is 0 Å². The van der Waals surface area contributed by atoms with Crippen molar-refractivity contribution in [3.05, 3.63) is 45.4 Å². The van der Waals surface area contributed by atoms with E-state index < -0.39 is 10.0 Å². The molecule has 0 unspecified atom stereocenters. The maximum Gasteiger partial charge on any atom is 0.263 e. The van der Waals surface area contributed by atoms with Crippen LogP contribution in [0.3, 0.4) is 0 Å². The molecular weight excluding hydrogens is 359 g/mol. The van der Waals surface area contributed by atoms with E-state index in [-0.39, 0.29) is 31.5 Å². The largest absolute Gasteiger partial charge is 0.274 e. The molecule has 0 aliphatic heterocycles. The maximum absolute atomic E-state index is 12.3. The van der Waals surface area contributed by atoms with Crippen LogP contribution in [0.5, 0.6) is 0 Å². The van der Waals surface area contributed by atoms with Crippen molar-refractivity contribution in [3.8, 4) is 6.07 Å². The average Bonchev–Trinajstić information content (AvgIpc) is 2.43. The molecule has 0 radical (unpaired) electrons. The van der Waals surface area contributed by atoms with Gasteiger partial charge in [0.2, 0.25) is 0 Å². The molecule has 1 aromatic carbocycles. The monoisotopic (exact) mass is 362 g/mol. The lowest BCUT2D eigenvalue weighted by Crippen LogP contribution is -2.15. The van der Waals surface area contributed by atoms with Crippen molar-refractivity contribution >= 4 is 50.5 Å². The second kappa shape index (κ2) is 6.03. The van der Waals surface area contributed by atoms with Gasteiger partial charge in [0.25, 0.3) is 10.0 Å². The molecule has 108 valence electrons. The average molecular weight is 364 g/mol. The molecule has 0 saturated heterocycles. The summed E-state index contributed by atoms with van der Waals surface area (Å²) in [4.78, 5) is 6.98. The fraction of sp³-hybridized carbons (Fsp3) is 0. The lowest BCUT2D eigenvalue weighted by atomic mass is 10.2. The summed E-state index contributed by atoms with van der Waals surface area (Å²) in [6, 6.07) is 5.66. The summed E-state index contributed by atoms with van der Waals surface area (Å²) in [6.07, 6.45) is 1.09. The molecule has 10 heteroatoms. The molecule has 6 nitrogen and oxygen atoms in total. The van der Waals surface area contributed by atoms with Crippen molar-refractivity contribution in [1.82, 2.24) is 9.97 Å². The number of benzene rings is 1. The maximum atomic E-state index is 12.3. The van der Waals surface area contributed by atoms with Crippen molar-refractivity contribution in [3.63, 3.8) is 0 Å². The summed E-state index contributed by atoms with van der Waals surface area (Å²) in [5, 5.41) is 8.45. The van der Waals surface area contributed by atoms with Gasteiger partial charge in [-0.1, -0.05) is 34.8 Å². The number of nitrogens with one attached hydrogen (secondary N) is 1. The van der Waals surface area contributed by atoms with Gasteiger partial charge in [0.1, 0.15) is 16.9 Å². The Labute approximate surface area is 135 Å². The molecule has 0 amide bonds. The van der Waals surface area contributed by atoms with Gasteiger partial charge in [-0.25, -0.2) is 18.4 Å². The topological polar surface area (TPSA) is 95.7 Å². The minimum Gasteiger partial charge on any atom is -0.274 e. The smallest absolute Gasteiger partial charge is 0.263 e. The molecule has 1 aromatic heterocycles. The second-order valence-corrected chi connectivity index (χ2v) is 6.47. The van der Waals surface area contributed by atoms with Crippen LogP contribution in [0.25, 0.3) is 0 Å². The Hall–Kier alpha value is -1.59. The van der Waals surface area contributed by atoms with Crippen LogP contribution in [-0.4, -0.2) is 18.4 Å². The first-order valence-electron chi connectivity index (χ1n) is 5.23. The summed E-state index contributed by atoms with van der Waals surface area (Å²) < 4.78 is 26.8. The molecule has 1 N–H and O–H groups in total. The van der Waals surface area contributed by atoms with Crippen molar-refractivity contribution in [2.24, 2.45) is 0 Å². The minimum atomic E-state index is -4.10. The zero-order valence-corrected chi connectivity index (χ0v) is 13.1. The van der Waals surface area contributed by atoms with E-state index in [1.165, 1.54) is 12.1 Å². The van der Waals surface area contributed by atoms with E-state index in [9.17, 15) is 8.42 Å². The predicted octanol–water partition coefficient (Wildman–Crippen LogP) is 3.11. The molecule has 0 spiro atoms. The van der Waals surface area contributed by atoms with E-state index in [1.54, 1.807) is 0 Å². The van der Waals surface area contributed by atoms with Crippen LogP contribution in [-0.2, 0) is 10.0 Å². The standard InChI is InChI=1S/C11H5Cl3N4O2S/c12-7-2-1-6(4-15)3-8(7)21(19,20)18-9-10(13)16-5-17-11(9)14/h1-3,5,18H. The number of nitriles is 1. The van der Waals surface area contributed by atoms with E-state index >= 15 is 0 Å². The highest BCUT2D eigenvalue weighted by molar-refractivity contribution is 7.92. The second-order valence-electron chi connectivity index (χ2n) is 3.69. The molecule has 0 bridgehead atoms. The first kappa shape index (κ1) is 15.8. The highest BCUT2D eigenvalue weighted by Gasteiger charge is 2.22. The molecule has 0 aliphatic rings. The zero-order valence-electron chi connectivity index (χ0n) is 10.0. The molecule has 1 heterocycles. The van der Waals surface area contributed by atoms with Crippen LogP contribution in [0.4, 0.5) is 5.69 Å². The fourth-order valence-electron chi connectivity index (χ4n) is 1.40. The lowest BCUT2D eigenvalue weighted by Gasteiger charge is -2.11. The van der Waals surface area contributed by atoms with E-state index in [2.05, 4.69) is 14.7 Å². The third-order valence-electron chi connectivity index (χ3n) is 2.34. The Morgan fingerprint density at radius 1 is 1.14 bits per heavy atom. The number of aromatic nitrogens is 2. The Kier molecular flexibility index (Phi) is 4.54. The number of hydrogen-bond acceptors (Lipinski definition) is 5. The van der Waals surface area contributed by atoms with Gasteiger partial charge in [-0.3, -0.25) is 4.72 Å². The SMILES string of the molecule is N#Cc1ccc(Cl)c(S(=O)(=O)Nc2c(Cl)ncnc2Cl)c1. The Bertz CT molecular complexity index is 829. The number of nitrogens with zero attached hydrogens (tertiary/aromatic N) is 3. The highest BCUT2D eigenvalue weighted by atomic mass is 35.5. The molecule has 0 saturated carbocycles. The highest BCUT2D eigenvalue weighted by Crippen LogP contribution is 2.30. The van der Waals surface area contributed by atoms with Crippen molar-refractivity contribution in [1.29, 1.82) is 5.26 Å². The van der Waals surface area contributed by atoms with E-state index in [1.807, 2.05) is 6.07 Å². The first-order valence-corrected chi connectivity index (χ1v) is 7.85. The number of rotatable bonds is 3. The fourth-order valence-corrected chi connectivity index (χ4v) is 3.52. The van der Waals surface area contributed by atoms with Crippen LogP contribution in [0.1, 0.15) is 5.56 Å².